The third-order valence-corrected chi connectivity index (χ3v) is 4.11. The van der Waals surface area contributed by atoms with Crippen molar-refractivity contribution in [2.75, 3.05) is 20.2 Å². The maximum atomic E-state index is 12.6. The molecule has 1 aliphatic rings. The Labute approximate surface area is 129 Å². The molecule has 1 heterocycles. The zero-order chi connectivity index (χ0) is 16.3. The molecule has 0 aromatic heterocycles. The number of rotatable bonds is 4. The summed E-state index contributed by atoms with van der Waals surface area (Å²) < 4.78 is 4.95. The quantitative estimate of drug-likeness (QED) is 0.675. The number of hydrogen-bond acceptors (Lipinski definition) is 5. The summed E-state index contributed by atoms with van der Waals surface area (Å²) in [6.07, 6.45) is 1.90. The average molecular weight is 307 g/mol. The van der Waals surface area contributed by atoms with Gasteiger partial charge in [-0.3, -0.25) is 14.9 Å². The highest BCUT2D eigenvalue weighted by Crippen LogP contribution is 2.29. The second-order valence-electron chi connectivity index (χ2n) is 5.66. The highest BCUT2D eigenvalue weighted by atomic mass is 16.6. The zero-order valence-electron chi connectivity index (χ0n) is 12.8. The first kappa shape index (κ1) is 16.2. The van der Waals surface area contributed by atoms with Crippen LogP contribution in [0.15, 0.2) is 18.2 Å². The van der Waals surface area contributed by atoms with Gasteiger partial charge in [0.1, 0.15) is 0 Å². The van der Waals surface area contributed by atoms with Crippen LogP contribution in [0.2, 0.25) is 0 Å². The number of carbonyl (C=O) groups is 1. The number of amides is 1. The summed E-state index contributed by atoms with van der Waals surface area (Å²) in [5.41, 5.74) is 6.03. The third-order valence-electron chi connectivity index (χ3n) is 4.11. The first-order valence-electron chi connectivity index (χ1n) is 7.31. The molecule has 0 saturated carbocycles. The van der Waals surface area contributed by atoms with Gasteiger partial charge in [0.25, 0.3) is 5.91 Å². The number of nitrogens with zero attached hydrogens (tertiary/aromatic N) is 2. The van der Waals surface area contributed by atoms with E-state index >= 15 is 0 Å². The number of likely N-dealkylation sites (tertiary alicyclic amines) is 1. The van der Waals surface area contributed by atoms with E-state index in [9.17, 15) is 14.9 Å². The summed E-state index contributed by atoms with van der Waals surface area (Å²) >= 11 is 0. The molecule has 1 amide bonds. The van der Waals surface area contributed by atoms with E-state index in [-0.39, 0.29) is 29.3 Å². The lowest BCUT2D eigenvalue weighted by molar-refractivity contribution is -0.385. The highest BCUT2D eigenvalue weighted by molar-refractivity contribution is 5.95. The molecule has 2 N–H and O–H groups in total. The average Bonchev–Trinajstić information content (AvgIpc) is 2.53. The lowest BCUT2D eigenvalue weighted by atomic mass is 9.92. The minimum absolute atomic E-state index is 0.0285. The van der Waals surface area contributed by atoms with Crippen molar-refractivity contribution in [3.8, 4) is 5.75 Å². The third kappa shape index (κ3) is 3.36. The molecule has 1 saturated heterocycles. The number of nitro groups is 1. The molecule has 1 fully saturated rings. The van der Waals surface area contributed by atoms with Crippen LogP contribution >= 0.6 is 0 Å². The lowest BCUT2D eigenvalue weighted by Crippen LogP contribution is -2.45. The van der Waals surface area contributed by atoms with Crippen LogP contribution in [0, 0.1) is 16.0 Å². The molecule has 0 aliphatic carbocycles. The number of methoxy groups -OCH3 is 1. The Hall–Kier alpha value is -2.15. The van der Waals surface area contributed by atoms with Gasteiger partial charge in [0.2, 0.25) is 0 Å². The highest BCUT2D eigenvalue weighted by Gasteiger charge is 2.28. The van der Waals surface area contributed by atoms with Gasteiger partial charge in [0.15, 0.2) is 5.75 Å². The van der Waals surface area contributed by atoms with Crippen molar-refractivity contribution in [1.29, 1.82) is 0 Å². The lowest BCUT2D eigenvalue weighted by Gasteiger charge is -2.34. The van der Waals surface area contributed by atoms with Crippen LogP contribution in [0.4, 0.5) is 5.69 Å². The summed E-state index contributed by atoms with van der Waals surface area (Å²) in [4.78, 5) is 24.8. The topological polar surface area (TPSA) is 98.7 Å². The van der Waals surface area contributed by atoms with Crippen molar-refractivity contribution in [1.82, 2.24) is 4.90 Å². The van der Waals surface area contributed by atoms with E-state index in [0.717, 1.165) is 12.8 Å². The van der Waals surface area contributed by atoms with Gasteiger partial charge in [0, 0.05) is 30.8 Å². The molecule has 1 aliphatic heterocycles. The molecule has 2 rings (SSSR count). The van der Waals surface area contributed by atoms with Gasteiger partial charge in [-0.2, -0.15) is 0 Å². The molecule has 0 bridgehead atoms. The van der Waals surface area contributed by atoms with Gasteiger partial charge >= 0.3 is 5.69 Å². The van der Waals surface area contributed by atoms with Gasteiger partial charge in [-0.15, -0.1) is 0 Å². The molecule has 0 radical (unpaired) electrons. The van der Waals surface area contributed by atoms with Crippen molar-refractivity contribution in [3.63, 3.8) is 0 Å². The number of carbonyl (C=O) groups excluding carboxylic acids is 1. The fourth-order valence-corrected chi connectivity index (χ4v) is 2.77. The minimum Gasteiger partial charge on any atom is -0.490 e. The van der Waals surface area contributed by atoms with Gasteiger partial charge in [-0.25, -0.2) is 0 Å². The van der Waals surface area contributed by atoms with E-state index in [0.29, 0.717) is 18.7 Å². The number of piperidine rings is 1. The second kappa shape index (κ2) is 6.74. The van der Waals surface area contributed by atoms with Crippen LogP contribution in [-0.2, 0) is 0 Å². The van der Waals surface area contributed by atoms with E-state index < -0.39 is 4.92 Å². The molecular weight excluding hydrogens is 286 g/mol. The SMILES string of the molecule is COc1ccc(C(=O)N2CCCC(C(C)N)C2)cc1[N+](=O)[O-]. The van der Waals surface area contributed by atoms with Crippen molar-refractivity contribution in [3.05, 3.63) is 33.9 Å². The van der Waals surface area contributed by atoms with E-state index in [4.69, 9.17) is 10.5 Å². The molecule has 22 heavy (non-hydrogen) atoms. The van der Waals surface area contributed by atoms with E-state index in [2.05, 4.69) is 0 Å². The van der Waals surface area contributed by atoms with Crippen LogP contribution < -0.4 is 10.5 Å². The van der Waals surface area contributed by atoms with Crippen LogP contribution in [0.5, 0.6) is 5.75 Å². The Morgan fingerprint density at radius 3 is 2.86 bits per heavy atom. The van der Waals surface area contributed by atoms with E-state index in [1.165, 1.54) is 19.2 Å². The zero-order valence-corrected chi connectivity index (χ0v) is 12.8. The molecule has 2 unspecified atom stereocenters. The number of hydrogen-bond donors (Lipinski definition) is 1. The Morgan fingerprint density at radius 2 is 2.27 bits per heavy atom. The molecule has 1 aromatic rings. The molecule has 7 nitrogen and oxygen atoms in total. The summed E-state index contributed by atoms with van der Waals surface area (Å²) in [7, 11) is 1.36. The Balaban J connectivity index is 2.22. The largest absolute Gasteiger partial charge is 0.490 e. The van der Waals surface area contributed by atoms with Crippen molar-refractivity contribution >= 4 is 11.6 Å². The number of benzene rings is 1. The van der Waals surface area contributed by atoms with Gasteiger partial charge in [0.05, 0.1) is 12.0 Å². The van der Waals surface area contributed by atoms with Gasteiger partial charge in [-0.1, -0.05) is 0 Å². The van der Waals surface area contributed by atoms with Crippen LogP contribution in [0.3, 0.4) is 0 Å². The molecule has 1 aromatic carbocycles. The normalized spacial score (nSPS) is 19.6. The number of nitro benzene ring substituents is 1. The van der Waals surface area contributed by atoms with Crippen LogP contribution in [0.25, 0.3) is 0 Å². The summed E-state index contributed by atoms with van der Waals surface area (Å²) in [6.45, 7) is 3.19. The molecule has 7 heteroatoms. The fraction of sp³-hybridized carbons (Fsp3) is 0.533. The Morgan fingerprint density at radius 1 is 1.55 bits per heavy atom. The van der Waals surface area contributed by atoms with Gasteiger partial charge < -0.3 is 15.4 Å². The maximum Gasteiger partial charge on any atom is 0.311 e. The van der Waals surface area contributed by atoms with Crippen LogP contribution in [0.1, 0.15) is 30.1 Å². The smallest absolute Gasteiger partial charge is 0.311 e. The first-order chi connectivity index (χ1) is 10.4. The maximum absolute atomic E-state index is 12.6. The first-order valence-corrected chi connectivity index (χ1v) is 7.31. The molecule has 120 valence electrons. The summed E-state index contributed by atoms with van der Waals surface area (Å²) in [6, 6.07) is 4.32. The molecule has 0 spiro atoms. The predicted molar refractivity (Wildman–Crippen MR) is 81.9 cm³/mol. The minimum atomic E-state index is -0.545. The van der Waals surface area contributed by atoms with Crippen molar-refractivity contribution in [2.45, 2.75) is 25.8 Å². The summed E-state index contributed by atoms with van der Waals surface area (Å²) in [5, 5.41) is 11.1. The summed E-state index contributed by atoms with van der Waals surface area (Å²) in [5.74, 6) is 0.218. The standard InChI is InChI=1S/C15H21N3O4/c1-10(16)12-4-3-7-17(9-12)15(19)11-5-6-14(22-2)13(8-11)18(20)21/h5-6,8,10,12H,3-4,7,9,16H2,1-2H3. The second-order valence-corrected chi connectivity index (χ2v) is 5.66. The molecule has 2 atom stereocenters. The van der Waals surface area contributed by atoms with E-state index in [1.807, 2.05) is 6.92 Å². The molecular formula is C15H21N3O4. The Bertz CT molecular complexity index is 574. The van der Waals surface area contributed by atoms with Crippen molar-refractivity contribution in [2.24, 2.45) is 11.7 Å². The predicted octanol–water partition coefficient (Wildman–Crippen LogP) is 1.80. The number of nitrogens with two attached hydrogens (primary N) is 1. The van der Waals surface area contributed by atoms with Crippen molar-refractivity contribution < 1.29 is 14.5 Å². The monoisotopic (exact) mass is 307 g/mol. The van der Waals surface area contributed by atoms with Crippen LogP contribution in [-0.4, -0.2) is 42.0 Å². The van der Waals surface area contributed by atoms with Gasteiger partial charge in [-0.05, 0) is 37.8 Å². The fourth-order valence-electron chi connectivity index (χ4n) is 2.77. The number of ether oxygens (including phenoxy) is 1. The van der Waals surface area contributed by atoms with E-state index in [1.54, 1.807) is 11.0 Å². The Kier molecular flexibility index (Phi) is 4.97.